The lowest BCUT2D eigenvalue weighted by molar-refractivity contribution is -0.142. The van der Waals surface area contributed by atoms with Gasteiger partial charge in [0.15, 0.2) is 0 Å². The zero-order valence-corrected chi connectivity index (χ0v) is 9.35. The van der Waals surface area contributed by atoms with Crippen molar-refractivity contribution in [3.8, 4) is 0 Å². The first-order valence-corrected chi connectivity index (χ1v) is 5.40. The molecule has 7 heteroatoms. The fourth-order valence-electron chi connectivity index (χ4n) is 1.57. The van der Waals surface area contributed by atoms with Gasteiger partial charge in [-0.1, -0.05) is 0 Å². The van der Waals surface area contributed by atoms with E-state index in [0.29, 0.717) is 19.6 Å². The van der Waals surface area contributed by atoms with Gasteiger partial charge >= 0.3 is 5.97 Å². The van der Waals surface area contributed by atoms with Gasteiger partial charge in [-0.15, -0.1) is 0 Å². The number of carbonyl (C=O) groups is 3. The molecule has 0 aromatic carbocycles. The molecule has 1 aliphatic rings. The molecule has 7 nitrogen and oxygen atoms in total. The second-order valence-electron chi connectivity index (χ2n) is 3.96. The summed E-state index contributed by atoms with van der Waals surface area (Å²) < 4.78 is 5.04. The van der Waals surface area contributed by atoms with E-state index in [2.05, 4.69) is 5.32 Å². The van der Waals surface area contributed by atoms with Crippen LogP contribution in [0.25, 0.3) is 0 Å². The van der Waals surface area contributed by atoms with E-state index in [1.165, 1.54) is 0 Å². The molecule has 0 saturated carbocycles. The summed E-state index contributed by atoms with van der Waals surface area (Å²) in [5.74, 6) is -2.40. The molecule has 0 aliphatic carbocycles. The van der Waals surface area contributed by atoms with Gasteiger partial charge in [0.25, 0.3) is 0 Å². The summed E-state index contributed by atoms with van der Waals surface area (Å²) in [6.45, 7) is 0.825. The molecule has 2 atom stereocenters. The Kier molecular flexibility index (Phi) is 4.89. The SMILES string of the molecule is NC(=O)CCC(NC(=O)C1CCOC1)C(=O)O. The molecular weight excluding hydrogens is 228 g/mol. The number of primary amides is 1. The molecule has 0 radical (unpaired) electrons. The van der Waals surface area contributed by atoms with E-state index in [1.54, 1.807) is 0 Å². The Morgan fingerprint density at radius 2 is 2.18 bits per heavy atom. The number of hydrogen-bond donors (Lipinski definition) is 3. The second kappa shape index (κ2) is 6.19. The van der Waals surface area contributed by atoms with Crippen LogP contribution in [-0.2, 0) is 19.1 Å². The summed E-state index contributed by atoms with van der Waals surface area (Å²) in [4.78, 5) is 33.1. The molecule has 0 spiro atoms. The summed E-state index contributed by atoms with van der Waals surface area (Å²) in [6, 6.07) is -1.07. The van der Waals surface area contributed by atoms with Crippen molar-refractivity contribution in [1.29, 1.82) is 0 Å². The molecule has 0 aromatic rings. The van der Waals surface area contributed by atoms with Gasteiger partial charge in [0.2, 0.25) is 11.8 Å². The van der Waals surface area contributed by atoms with E-state index in [-0.39, 0.29) is 24.7 Å². The van der Waals surface area contributed by atoms with Crippen molar-refractivity contribution in [1.82, 2.24) is 5.32 Å². The van der Waals surface area contributed by atoms with Gasteiger partial charge in [0.1, 0.15) is 6.04 Å². The third-order valence-corrected chi connectivity index (χ3v) is 2.59. The third-order valence-electron chi connectivity index (χ3n) is 2.59. The molecule has 1 aliphatic heterocycles. The number of nitrogens with one attached hydrogen (secondary N) is 1. The minimum Gasteiger partial charge on any atom is -0.480 e. The quantitative estimate of drug-likeness (QED) is 0.545. The van der Waals surface area contributed by atoms with E-state index >= 15 is 0 Å². The molecule has 2 amide bonds. The van der Waals surface area contributed by atoms with E-state index < -0.39 is 17.9 Å². The molecule has 0 aromatic heterocycles. The lowest BCUT2D eigenvalue weighted by Gasteiger charge is -2.16. The maximum absolute atomic E-state index is 11.6. The van der Waals surface area contributed by atoms with Crippen LogP contribution in [0.3, 0.4) is 0 Å². The first-order chi connectivity index (χ1) is 8.00. The van der Waals surface area contributed by atoms with Crippen LogP contribution in [0.2, 0.25) is 0 Å². The van der Waals surface area contributed by atoms with E-state index in [4.69, 9.17) is 15.6 Å². The average Bonchev–Trinajstić information content (AvgIpc) is 2.76. The Hall–Kier alpha value is -1.63. The molecule has 0 bridgehead atoms. The number of carbonyl (C=O) groups excluding carboxylic acids is 2. The first-order valence-electron chi connectivity index (χ1n) is 5.40. The lowest BCUT2D eigenvalue weighted by Crippen LogP contribution is -2.44. The van der Waals surface area contributed by atoms with Crippen LogP contribution in [-0.4, -0.2) is 42.1 Å². The van der Waals surface area contributed by atoms with Crippen LogP contribution in [0.15, 0.2) is 0 Å². The molecule has 2 unspecified atom stereocenters. The lowest BCUT2D eigenvalue weighted by atomic mass is 10.1. The van der Waals surface area contributed by atoms with E-state index in [1.807, 2.05) is 0 Å². The number of ether oxygens (including phenoxy) is 1. The molecule has 17 heavy (non-hydrogen) atoms. The topological polar surface area (TPSA) is 119 Å². The fourth-order valence-corrected chi connectivity index (χ4v) is 1.57. The van der Waals surface area contributed by atoms with Crippen LogP contribution in [0, 0.1) is 5.92 Å². The van der Waals surface area contributed by atoms with Gasteiger partial charge in [-0.05, 0) is 12.8 Å². The molecule has 96 valence electrons. The highest BCUT2D eigenvalue weighted by Gasteiger charge is 2.27. The molecule has 1 rings (SSSR count). The molecule has 1 fully saturated rings. The van der Waals surface area contributed by atoms with Gasteiger partial charge in [0.05, 0.1) is 12.5 Å². The maximum Gasteiger partial charge on any atom is 0.326 e. The Morgan fingerprint density at radius 3 is 2.65 bits per heavy atom. The Balaban J connectivity index is 2.44. The predicted molar refractivity (Wildman–Crippen MR) is 56.9 cm³/mol. The van der Waals surface area contributed by atoms with Crippen molar-refractivity contribution in [2.24, 2.45) is 11.7 Å². The Labute approximate surface area is 98.3 Å². The highest BCUT2D eigenvalue weighted by Crippen LogP contribution is 2.12. The van der Waals surface area contributed by atoms with Gasteiger partial charge < -0.3 is 20.9 Å². The summed E-state index contributed by atoms with van der Waals surface area (Å²) in [6.07, 6.45) is 0.524. The number of carboxylic acid groups (broad SMARTS) is 1. The molecule has 1 saturated heterocycles. The minimum atomic E-state index is -1.17. The zero-order valence-electron chi connectivity index (χ0n) is 9.35. The standard InChI is InChI=1S/C10H16N2O5/c11-8(13)2-1-7(10(15)16)12-9(14)6-3-4-17-5-6/h6-7H,1-5H2,(H2,11,13)(H,12,14)(H,15,16). The number of amides is 2. The van der Waals surface area contributed by atoms with Crippen LogP contribution in [0.5, 0.6) is 0 Å². The summed E-state index contributed by atoms with van der Waals surface area (Å²) >= 11 is 0. The van der Waals surface area contributed by atoms with Gasteiger partial charge in [-0.2, -0.15) is 0 Å². The number of carboxylic acids is 1. The molecular formula is C10H16N2O5. The minimum absolute atomic E-state index is 0.00395. The largest absolute Gasteiger partial charge is 0.480 e. The fraction of sp³-hybridized carbons (Fsp3) is 0.700. The number of aliphatic carboxylic acids is 1. The number of hydrogen-bond acceptors (Lipinski definition) is 4. The van der Waals surface area contributed by atoms with Crippen molar-refractivity contribution < 1.29 is 24.2 Å². The van der Waals surface area contributed by atoms with Crippen LogP contribution in [0.4, 0.5) is 0 Å². The summed E-state index contributed by atoms with van der Waals surface area (Å²) in [7, 11) is 0. The second-order valence-corrected chi connectivity index (χ2v) is 3.96. The highest BCUT2D eigenvalue weighted by atomic mass is 16.5. The molecule has 4 N–H and O–H groups in total. The van der Waals surface area contributed by atoms with E-state index in [9.17, 15) is 14.4 Å². The average molecular weight is 244 g/mol. The number of nitrogens with two attached hydrogens (primary N) is 1. The summed E-state index contributed by atoms with van der Waals surface area (Å²) in [5, 5.41) is 11.3. The predicted octanol–water partition coefficient (Wildman–Crippen LogP) is -1.14. The first kappa shape index (κ1) is 13.4. The Bertz CT molecular complexity index is 312. The van der Waals surface area contributed by atoms with Crippen molar-refractivity contribution >= 4 is 17.8 Å². The smallest absolute Gasteiger partial charge is 0.326 e. The molecule has 1 heterocycles. The van der Waals surface area contributed by atoms with Crippen molar-refractivity contribution in [2.45, 2.75) is 25.3 Å². The summed E-state index contributed by atoms with van der Waals surface area (Å²) in [5.41, 5.74) is 4.93. The van der Waals surface area contributed by atoms with Crippen molar-refractivity contribution in [2.75, 3.05) is 13.2 Å². The van der Waals surface area contributed by atoms with Crippen molar-refractivity contribution in [3.05, 3.63) is 0 Å². The maximum atomic E-state index is 11.6. The van der Waals surface area contributed by atoms with Gasteiger partial charge in [-0.25, -0.2) is 4.79 Å². The van der Waals surface area contributed by atoms with E-state index in [0.717, 1.165) is 0 Å². The third kappa shape index (κ3) is 4.39. The van der Waals surface area contributed by atoms with Crippen LogP contribution in [0.1, 0.15) is 19.3 Å². The van der Waals surface area contributed by atoms with Gasteiger partial charge in [0, 0.05) is 13.0 Å². The monoisotopic (exact) mass is 244 g/mol. The zero-order chi connectivity index (χ0) is 12.8. The highest BCUT2D eigenvalue weighted by molar-refractivity contribution is 5.85. The van der Waals surface area contributed by atoms with Gasteiger partial charge in [-0.3, -0.25) is 9.59 Å². The van der Waals surface area contributed by atoms with Crippen LogP contribution < -0.4 is 11.1 Å². The van der Waals surface area contributed by atoms with Crippen molar-refractivity contribution in [3.63, 3.8) is 0 Å². The normalized spacial score (nSPS) is 20.8. The number of rotatable bonds is 6. The Morgan fingerprint density at radius 1 is 1.47 bits per heavy atom. The van der Waals surface area contributed by atoms with Crippen LogP contribution >= 0.6 is 0 Å².